The van der Waals surface area contributed by atoms with Crippen molar-refractivity contribution in [3.63, 3.8) is 0 Å². The highest BCUT2D eigenvalue weighted by Crippen LogP contribution is 2.46. The van der Waals surface area contributed by atoms with Gasteiger partial charge in [-0.1, -0.05) is 26.0 Å². The number of aromatic nitrogens is 1. The largest absolute Gasteiger partial charge is 0.341 e. The summed E-state index contributed by atoms with van der Waals surface area (Å²) in [5.41, 5.74) is 3.59. The smallest absolute Gasteiger partial charge is 0.241 e. The van der Waals surface area contributed by atoms with Crippen molar-refractivity contribution < 1.29 is 14.0 Å². The van der Waals surface area contributed by atoms with Crippen LogP contribution in [0.25, 0.3) is 0 Å². The second-order valence-electron chi connectivity index (χ2n) is 12.1. The highest BCUT2D eigenvalue weighted by Gasteiger charge is 2.52. The van der Waals surface area contributed by atoms with Crippen molar-refractivity contribution in [3.8, 4) is 0 Å². The minimum atomic E-state index is -0.249. The molecule has 8 heteroatoms. The Bertz CT molecular complexity index is 1220. The van der Waals surface area contributed by atoms with Gasteiger partial charge in [-0.25, -0.2) is 4.39 Å². The summed E-state index contributed by atoms with van der Waals surface area (Å²) in [6, 6.07) is 9.01. The lowest BCUT2D eigenvalue weighted by atomic mass is 9.91. The van der Waals surface area contributed by atoms with E-state index in [2.05, 4.69) is 37.1 Å². The highest BCUT2D eigenvalue weighted by atomic mass is 19.1. The Kier molecular flexibility index (Phi) is 6.07. The highest BCUT2D eigenvalue weighted by molar-refractivity contribution is 5.97. The second-order valence-corrected chi connectivity index (χ2v) is 12.1. The van der Waals surface area contributed by atoms with Crippen LogP contribution in [-0.2, 0) is 21.4 Å². The Hall–Kier alpha value is -2.84. The molecule has 3 fully saturated rings. The van der Waals surface area contributed by atoms with E-state index in [0.29, 0.717) is 37.9 Å². The van der Waals surface area contributed by atoms with Crippen molar-refractivity contribution in [2.75, 3.05) is 44.2 Å². The number of piperidine rings is 1. The zero-order chi connectivity index (χ0) is 25.9. The van der Waals surface area contributed by atoms with Gasteiger partial charge in [0.2, 0.25) is 11.8 Å². The van der Waals surface area contributed by atoms with Gasteiger partial charge in [0.05, 0.1) is 17.9 Å². The van der Waals surface area contributed by atoms with E-state index in [4.69, 9.17) is 4.98 Å². The molecule has 1 aromatic heterocycles. The molecule has 37 heavy (non-hydrogen) atoms. The molecule has 196 valence electrons. The molecular weight excluding hydrogens is 469 g/mol. The van der Waals surface area contributed by atoms with Gasteiger partial charge >= 0.3 is 0 Å². The van der Waals surface area contributed by atoms with Gasteiger partial charge in [0.15, 0.2) is 0 Å². The molecule has 1 aliphatic carbocycles. The van der Waals surface area contributed by atoms with Crippen molar-refractivity contribution in [2.24, 2.45) is 11.8 Å². The standard InChI is InChI=1S/C29H36FN5O2/c1-18-13-33(23(12-31-18)15-34-14-21-10-24(21)28(34)37)16-26(36)35-17-29(2,3)27-25(35)9-20(11-32-27)8-19-4-6-22(30)7-5-19/h4-7,9,11,18,21,23-24,31H,8,10,12-17H2,1-3H3/t18-,21?,23-,24?/m1/s1. The molecule has 7 nitrogen and oxygen atoms in total. The molecule has 4 aliphatic rings. The average Bonchev–Trinajstić information content (AvgIpc) is 3.49. The van der Waals surface area contributed by atoms with Gasteiger partial charge in [0, 0.05) is 62.3 Å². The number of piperazine rings is 1. The number of pyridine rings is 1. The number of carbonyl (C=O) groups is 2. The van der Waals surface area contributed by atoms with Gasteiger partial charge in [0.25, 0.3) is 0 Å². The number of fused-ring (bicyclic) bond motifs is 2. The third-order valence-corrected chi connectivity index (χ3v) is 8.53. The first-order valence-electron chi connectivity index (χ1n) is 13.5. The fourth-order valence-electron chi connectivity index (χ4n) is 6.38. The first kappa shape index (κ1) is 24.5. The van der Waals surface area contributed by atoms with Gasteiger partial charge in [0.1, 0.15) is 5.82 Å². The Morgan fingerprint density at radius 3 is 2.70 bits per heavy atom. The summed E-state index contributed by atoms with van der Waals surface area (Å²) in [7, 11) is 0. The maximum Gasteiger partial charge on any atom is 0.241 e. The molecular formula is C29H36FN5O2. The van der Waals surface area contributed by atoms with Crippen LogP contribution in [0, 0.1) is 17.7 Å². The summed E-state index contributed by atoms with van der Waals surface area (Å²) in [5.74, 6) is 0.927. The Balaban J connectivity index is 1.19. The molecule has 0 spiro atoms. The third-order valence-electron chi connectivity index (χ3n) is 8.53. The van der Waals surface area contributed by atoms with E-state index in [1.165, 1.54) is 12.1 Å². The molecule has 2 saturated heterocycles. The van der Waals surface area contributed by atoms with E-state index in [0.717, 1.165) is 48.6 Å². The first-order chi connectivity index (χ1) is 17.7. The van der Waals surface area contributed by atoms with Crippen LogP contribution in [0.3, 0.4) is 0 Å². The van der Waals surface area contributed by atoms with E-state index >= 15 is 0 Å². The third kappa shape index (κ3) is 4.77. The lowest BCUT2D eigenvalue weighted by Gasteiger charge is -2.41. The second kappa shape index (κ2) is 9.17. The fourth-order valence-corrected chi connectivity index (χ4v) is 6.38. The van der Waals surface area contributed by atoms with E-state index < -0.39 is 0 Å². The van der Waals surface area contributed by atoms with Gasteiger partial charge in [-0.15, -0.1) is 0 Å². The number of hydrogen-bond donors (Lipinski definition) is 1. The van der Waals surface area contributed by atoms with Crippen molar-refractivity contribution in [3.05, 3.63) is 59.2 Å². The maximum absolute atomic E-state index is 13.8. The number of nitrogens with zero attached hydrogens (tertiary/aromatic N) is 4. The van der Waals surface area contributed by atoms with Crippen molar-refractivity contribution in [1.29, 1.82) is 0 Å². The predicted octanol–water partition coefficient (Wildman–Crippen LogP) is 2.58. The Morgan fingerprint density at radius 2 is 1.97 bits per heavy atom. The van der Waals surface area contributed by atoms with Crippen LogP contribution < -0.4 is 10.2 Å². The molecule has 6 rings (SSSR count). The fraction of sp³-hybridized carbons (Fsp3) is 0.552. The molecule has 1 N–H and O–H groups in total. The zero-order valence-electron chi connectivity index (χ0n) is 21.9. The van der Waals surface area contributed by atoms with Crippen LogP contribution in [-0.4, -0.2) is 78.0 Å². The molecule has 2 aromatic rings. The van der Waals surface area contributed by atoms with Gasteiger partial charge in [-0.05, 0) is 55.0 Å². The minimum absolute atomic E-state index is 0.0715. The number of amides is 2. The minimum Gasteiger partial charge on any atom is -0.341 e. The number of halogens is 1. The maximum atomic E-state index is 13.8. The molecule has 4 atom stereocenters. The molecule has 0 bridgehead atoms. The van der Waals surface area contributed by atoms with Crippen LogP contribution in [0.5, 0.6) is 0 Å². The summed E-state index contributed by atoms with van der Waals surface area (Å²) in [6.07, 6.45) is 3.56. The zero-order valence-corrected chi connectivity index (χ0v) is 21.9. The van der Waals surface area contributed by atoms with Gasteiger partial charge in [-0.2, -0.15) is 0 Å². The van der Waals surface area contributed by atoms with Crippen LogP contribution >= 0.6 is 0 Å². The van der Waals surface area contributed by atoms with E-state index in [1.54, 1.807) is 12.1 Å². The lowest BCUT2D eigenvalue weighted by Crippen LogP contribution is -2.61. The van der Waals surface area contributed by atoms with E-state index in [9.17, 15) is 14.0 Å². The van der Waals surface area contributed by atoms with Gasteiger partial charge < -0.3 is 15.1 Å². The monoisotopic (exact) mass is 505 g/mol. The Labute approximate surface area is 218 Å². The van der Waals surface area contributed by atoms with Gasteiger partial charge in [-0.3, -0.25) is 19.5 Å². The number of anilines is 1. The van der Waals surface area contributed by atoms with Crippen LogP contribution in [0.1, 0.15) is 44.0 Å². The quantitative estimate of drug-likeness (QED) is 0.654. The molecule has 1 saturated carbocycles. The number of likely N-dealkylation sites (tertiary alicyclic amines) is 1. The van der Waals surface area contributed by atoms with Crippen molar-refractivity contribution in [2.45, 2.75) is 51.1 Å². The van der Waals surface area contributed by atoms with E-state index in [-0.39, 0.29) is 35.1 Å². The van der Waals surface area contributed by atoms with Crippen molar-refractivity contribution >= 4 is 17.5 Å². The number of rotatable bonds is 6. The molecule has 1 aromatic carbocycles. The number of benzene rings is 1. The van der Waals surface area contributed by atoms with Crippen molar-refractivity contribution in [1.82, 2.24) is 20.1 Å². The normalized spacial score (nSPS) is 28.4. The van der Waals surface area contributed by atoms with E-state index in [1.807, 2.05) is 16.0 Å². The predicted molar refractivity (Wildman–Crippen MR) is 140 cm³/mol. The summed E-state index contributed by atoms with van der Waals surface area (Å²) in [5, 5.41) is 3.54. The molecule has 2 amide bonds. The SMILES string of the molecule is C[C@@H]1CN(CC(=O)N2CC(C)(C)c3ncc(Cc4ccc(F)cc4)cc32)[C@@H](CN2CC3CC3C2=O)CN1. The number of nitrogens with one attached hydrogen (secondary N) is 1. The summed E-state index contributed by atoms with van der Waals surface area (Å²) in [4.78, 5) is 37.4. The molecule has 2 unspecified atom stereocenters. The lowest BCUT2D eigenvalue weighted by molar-refractivity contribution is -0.131. The average molecular weight is 506 g/mol. The van der Waals surface area contributed by atoms with Crippen LogP contribution in [0.2, 0.25) is 0 Å². The summed E-state index contributed by atoms with van der Waals surface area (Å²) in [6.45, 7) is 10.4. The van der Waals surface area contributed by atoms with Crippen LogP contribution in [0.4, 0.5) is 10.1 Å². The number of carbonyl (C=O) groups excluding carboxylic acids is 2. The molecule has 0 radical (unpaired) electrons. The molecule has 4 heterocycles. The first-order valence-corrected chi connectivity index (χ1v) is 13.5. The molecule has 3 aliphatic heterocycles. The summed E-state index contributed by atoms with van der Waals surface area (Å²) < 4.78 is 13.3. The Morgan fingerprint density at radius 1 is 1.19 bits per heavy atom. The number of hydrogen-bond acceptors (Lipinski definition) is 5. The summed E-state index contributed by atoms with van der Waals surface area (Å²) >= 11 is 0. The van der Waals surface area contributed by atoms with Crippen LogP contribution in [0.15, 0.2) is 36.5 Å². The topological polar surface area (TPSA) is 68.8 Å².